The Kier molecular flexibility index (Phi) is 7.19. The molecule has 5 heteroatoms. The maximum Gasteiger partial charge on any atom is 0.434 e. The van der Waals surface area contributed by atoms with Crippen LogP contribution in [-0.4, -0.2) is 24.2 Å². The molecule has 0 unspecified atom stereocenters. The Labute approximate surface area is 171 Å². The second-order valence-electron chi connectivity index (χ2n) is 7.57. The summed E-state index contributed by atoms with van der Waals surface area (Å²) in [6, 6.07) is 14.0. The third-order valence-electron chi connectivity index (χ3n) is 4.68. The lowest BCUT2D eigenvalue weighted by molar-refractivity contribution is 0.155. The van der Waals surface area contributed by atoms with Gasteiger partial charge in [0.2, 0.25) is 0 Å². The lowest BCUT2D eigenvalue weighted by Gasteiger charge is -2.08. The molecule has 29 heavy (non-hydrogen) atoms. The SMILES string of the molecule is C=CCCCOC(=O)N=c1cccc2c(c1)[nH]c1c(CNCC(C)C)cccc12. The van der Waals surface area contributed by atoms with Gasteiger partial charge in [-0.2, -0.15) is 4.99 Å². The molecule has 3 rings (SSSR count). The molecular weight excluding hydrogens is 362 g/mol. The zero-order chi connectivity index (χ0) is 20.6. The number of rotatable bonds is 8. The fraction of sp³-hybridized carbons (Fsp3) is 0.333. The minimum Gasteiger partial charge on any atom is -0.448 e. The van der Waals surface area contributed by atoms with Gasteiger partial charge in [0.25, 0.3) is 0 Å². The molecule has 1 aromatic heterocycles. The van der Waals surface area contributed by atoms with E-state index in [2.05, 4.69) is 53.9 Å². The van der Waals surface area contributed by atoms with Gasteiger partial charge in [-0.05, 0) is 43.0 Å². The van der Waals surface area contributed by atoms with E-state index in [-0.39, 0.29) is 0 Å². The fourth-order valence-corrected chi connectivity index (χ4v) is 3.29. The monoisotopic (exact) mass is 391 g/mol. The highest BCUT2D eigenvalue weighted by molar-refractivity contribution is 6.07. The molecule has 0 atom stereocenters. The van der Waals surface area contributed by atoms with Crippen molar-refractivity contribution in [3.8, 4) is 0 Å². The molecule has 2 aromatic carbocycles. The summed E-state index contributed by atoms with van der Waals surface area (Å²) in [6.07, 6.45) is 2.81. The van der Waals surface area contributed by atoms with Crippen molar-refractivity contribution >= 4 is 27.9 Å². The van der Waals surface area contributed by atoms with Crippen molar-refractivity contribution in [1.82, 2.24) is 10.3 Å². The Morgan fingerprint density at radius 2 is 2.03 bits per heavy atom. The number of nitrogens with zero attached hydrogens (tertiary/aromatic N) is 1. The smallest absolute Gasteiger partial charge is 0.434 e. The van der Waals surface area contributed by atoms with Gasteiger partial charge >= 0.3 is 6.09 Å². The van der Waals surface area contributed by atoms with Crippen molar-refractivity contribution in [2.45, 2.75) is 33.2 Å². The average molecular weight is 392 g/mol. The molecule has 152 valence electrons. The van der Waals surface area contributed by atoms with Gasteiger partial charge in [-0.25, -0.2) is 4.79 Å². The molecule has 1 amide bonds. The summed E-state index contributed by atoms with van der Waals surface area (Å²) in [7, 11) is 0. The van der Waals surface area contributed by atoms with Crippen LogP contribution in [0.5, 0.6) is 0 Å². The summed E-state index contributed by atoms with van der Waals surface area (Å²) in [5.74, 6) is 0.608. The van der Waals surface area contributed by atoms with E-state index in [1.54, 1.807) is 6.08 Å². The van der Waals surface area contributed by atoms with E-state index in [1.807, 2.05) is 24.3 Å². The molecule has 0 saturated heterocycles. The standard InChI is InChI=1S/C24H29N3O2/c1-4-5-6-13-29-24(28)26-19-10-8-11-20-21-12-7-9-18(16-25-15-17(2)3)23(21)27-22(20)14-19/h4,7-12,14,17,25,27H,1,5-6,13,15-16H2,2-3H3. The van der Waals surface area contributed by atoms with Gasteiger partial charge in [0.15, 0.2) is 0 Å². The van der Waals surface area contributed by atoms with Gasteiger partial charge in [0.1, 0.15) is 0 Å². The number of fused-ring (bicyclic) bond motifs is 3. The first-order valence-corrected chi connectivity index (χ1v) is 10.1. The van der Waals surface area contributed by atoms with Crippen molar-refractivity contribution in [3.63, 3.8) is 0 Å². The number of allylic oxidation sites excluding steroid dienone is 1. The van der Waals surface area contributed by atoms with Gasteiger partial charge in [0, 0.05) is 22.8 Å². The Morgan fingerprint density at radius 3 is 2.83 bits per heavy atom. The van der Waals surface area contributed by atoms with E-state index in [4.69, 9.17) is 4.74 Å². The molecule has 0 aliphatic carbocycles. The molecule has 0 aliphatic rings. The number of carbonyl (C=O) groups is 1. The van der Waals surface area contributed by atoms with E-state index in [9.17, 15) is 4.79 Å². The number of carbonyl (C=O) groups excluding carboxylic acids is 1. The maximum absolute atomic E-state index is 12.0. The third-order valence-corrected chi connectivity index (χ3v) is 4.68. The van der Waals surface area contributed by atoms with Gasteiger partial charge in [-0.3, -0.25) is 0 Å². The number of para-hydroxylation sites is 1. The van der Waals surface area contributed by atoms with Crippen molar-refractivity contribution in [2.75, 3.05) is 13.2 Å². The molecule has 3 aromatic rings. The summed E-state index contributed by atoms with van der Waals surface area (Å²) in [6.45, 7) is 10.2. The van der Waals surface area contributed by atoms with Crippen molar-refractivity contribution in [1.29, 1.82) is 0 Å². The number of benzene rings is 1. The summed E-state index contributed by atoms with van der Waals surface area (Å²) < 4.78 is 5.16. The molecular formula is C24H29N3O2. The Balaban J connectivity index is 1.90. The lowest BCUT2D eigenvalue weighted by atomic mass is 10.1. The van der Waals surface area contributed by atoms with E-state index < -0.39 is 6.09 Å². The molecule has 0 spiro atoms. The summed E-state index contributed by atoms with van der Waals surface area (Å²) in [5.41, 5.74) is 3.28. The number of ether oxygens (including phenoxy) is 1. The molecule has 0 fully saturated rings. The number of hydrogen-bond donors (Lipinski definition) is 2. The predicted molar refractivity (Wildman–Crippen MR) is 119 cm³/mol. The highest BCUT2D eigenvalue weighted by atomic mass is 16.5. The fourth-order valence-electron chi connectivity index (χ4n) is 3.29. The Bertz CT molecular complexity index is 1070. The maximum atomic E-state index is 12.0. The quantitative estimate of drug-likeness (QED) is 0.416. The average Bonchev–Trinajstić information content (AvgIpc) is 2.91. The largest absolute Gasteiger partial charge is 0.448 e. The zero-order valence-corrected chi connectivity index (χ0v) is 17.2. The van der Waals surface area contributed by atoms with E-state index in [0.29, 0.717) is 17.9 Å². The summed E-state index contributed by atoms with van der Waals surface area (Å²) in [4.78, 5) is 19.6. The van der Waals surface area contributed by atoms with Gasteiger partial charge in [0.05, 0.1) is 17.5 Å². The molecule has 2 N–H and O–H groups in total. The molecule has 0 bridgehead atoms. The van der Waals surface area contributed by atoms with Crippen LogP contribution >= 0.6 is 0 Å². The van der Waals surface area contributed by atoms with Crippen LogP contribution in [0.15, 0.2) is 60.1 Å². The topological polar surface area (TPSA) is 66.5 Å². The molecule has 1 heterocycles. The lowest BCUT2D eigenvalue weighted by Crippen LogP contribution is -2.19. The first-order valence-electron chi connectivity index (χ1n) is 10.1. The van der Waals surface area contributed by atoms with Crippen LogP contribution in [0.25, 0.3) is 21.8 Å². The Hall–Kier alpha value is -2.92. The van der Waals surface area contributed by atoms with Crippen molar-refractivity contribution < 1.29 is 9.53 Å². The van der Waals surface area contributed by atoms with Gasteiger partial charge < -0.3 is 15.0 Å². The number of amides is 1. The highest BCUT2D eigenvalue weighted by Crippen LogP contribution is 2.26. The molecule has 0 aliphatic heterocycles. The second kappa shape index (κ2) is 10.0. The number of unbranched alkanes of at least 4 members (excludes halogenated alkanes) is 1. The number of aromatic nitrogens is 1. The number of H-pyrrole nitrogens is 1. The second-order valence-corrected chi connectivity index (χ2v) is 7.57. The first-order chi connectivity index (χ1) is 14.1. The number of aromatic amines is 1. The molecule has 0 saturated carbocycles. The minimum absolute atomic E-state index is 0.349. The third kappa shape index (κ3) is 5.55. The summed E-state index contributed by atoms with van der Waals surface area (Å²) in [5, 5.41) is 6.34. The van der Waals surface area contributed by atoms with E-state index >= 15 is 0 Å². The van der Waals surface area contributed by atoms with Crippen molar-refractivity contribution in [2.24, 2.45) is 10.9 Å². The molecule has 5 nitrogen and oxygen atoms in total. The molecule has 0 radical (unpaired) electrons. The van der Waals surface area contributed by atoms with E-state index in [1.165, 1.54) is 5.56 Å². The van der Waals surface area contributed by atoms with E-state index in [0.717, 1.165) is 47.7 Å². The Morgan fingerprint density at radius 1 is 1.24 bits per heavy atom. The van der Waals surface area contributed by atoms with Gasteiger partial charge in [-0.15, -0.1) is 6.58 Å². The van der Waals surface area contributed by atoms with Crippen LogP contribution < -0.4 is 10.7 Å². The zero-order valence-electron chi connectivity index (χ0n) is 17.2. The highest BCUT2D eigenvalue weighted by Gasteiger charge is 2.08. The number of hydrogen-bond acceptors (Lipinski definition) is 3. The minimum atomic E-state index is -0.567. The van der Waals surface area contributed by atoms with Crippen LogP contribution in [0.1, 0.15) is 32.3 Å². The van der Waals surface area contributed by atoms with Crippen LogP contribution in [-0.2, 0) is 11.3 Å². The van der Waals surface area contributed by atoms with Gasteiger partial charge in [-0.1, -0.05) is 50.3 Å². The number of nitrogens with one attached hydrogen (secondary N) is 2. The van der Waals surface area contributed by atoms with Crippen LogP contribution in [0.2, 0.25) is 0 Å². The normalized spacial score (nSPS) is 12.0. The van der Waals surface area contributed by atoms with Crippen LogP contribution in [0.4, 0.5) is 4.79 Å². The van der Waals surface area contributed by atoms with Crippen LogP contribution in [0, 0.1) is 5.92 Å². The van der Waals surface area contributed by atoms with Crippen LogP contribution in [0.3, 0.4) is 0 Å². The van der Waals surface area contributed by atoms with Crippen molar-refractivity contribution in [3.05, 3.63) is 66.0 Å². The first kappa shape index (κ1) is 20.8. The predicted octanol–water partition coefficient (Wildman–Crippen LogP) is 5.07. The summed E-state index contributed by atoms with van der Waals surface area (Å²) >= 11 is 0.